The zero-order valence-electron chi connectivity index (χ0n) is 10.5. The molecule has 1 aliphatic heterocycles. The Kier molecular flexibility index (Phi) is 3.42. The highest BCUT2D eigenvalue weighted by Gasteiger charge is 2.48. The van der Waals surface area contributed by atoms with Crippen LogP contribution in [0.25, 0.3) is 0 Å². The first-order chi connectivity index (χ1) is 7.85. The van der Waals surface area contributed by atoms with E-state index in [0.29, 0.717) is 0 Å². The van der Waals surface area contributed by atoms with E-state index in [1.807, 2.05) is 20.8 Å². The summed E-state index contributed by atoms with van der Waals surface area (Å²) in [5.41, 5.74) is 0.743. The molecule has 4 nitrogen and oxygen atoms in total. The lowest BCUT2D eigenvalue weighted by Crippen LogP contribution is -2.48. The number of allylic oxidation sites excluding steroid dienone is 1. The van der Waals surface area contributed by atoms with Crippen LogP contribution >= 0.6 is 22.9 Å². The smallest absolute Gasteiger partial charge is 0.420 e. The second-order valence-corrected chi connectivity index (χ2v) is 6.63. The molecule has 1 saturated heterocycles. The monoisotopic (exact) mass is 350 g/mol. The lowest BCUT2D eigenvalue weighted by atomic mass is 9.95. The van der Waals surface area contributed by atoms with Crippen molar-refractivity contribution < 1.29 is 9.53 Å². The molecule has 1 unspecified atom stereocenters. The van der Waals surface area contributed by atoms with Crippen molar-refractivity contribution >= 4 is 29.0 Å². The van der Waals surface area contributed by atoms with E-state index in [9.17, 15) is 4.79 Å². The highest BCUT2D eigenvalue weighted by atomic mass is 127. The molecule has 1 heterocycles. The number of amides is 1. The number of ether oxygens (including phenoxy) is 1. The van der Waals surface area contributed by atoms with Gasteiger partial charge in [-0.15, -0.1) is 0 Å². The number of hydrogen-bond acceptors (Lipinski definition) is 3. The molecule has 0 aromatic heterocycles. The molecule has 17 heavy (non-hydrogen) atoms. The topological polar surface area (TPSA) is 41.6 Å². The van der Waals surface area contributed by atoms with Crippen LogP contribution in [0.15, 0.2) is 11.6 Å². The Morgan fingerprint density at radius 2 is 2.29 bits per heavy atom. The van der Waals surface area contributed by atoms with Crippen LogP contribution in [0.3, 0.4) is 0 Å². The first-order valence-corrected chi connectivity index (χ1v) is 6.91. The number of halogens is 1. The summed E-state index contributed by atoms with van der Waals surface area (Å²) in [4.78, 5) is 12.1. The van der Waals surface area contributed by atoms with Crippen LogP contribution in [0.5, 0.6) is 0 Å². The molecule has 0 bridgehead atoms. The maximum Gasteiger partial charge on any atom is 0.420 e. The number of carbonyl (C=O) groups is 1. The van der Waals surface area contributed by atoms with E-state index in [0.717, 1.165) is 25.9 Å². The fourth-order valence-electron chi connectivity index (χ4n) is 2.45. The average molecular weight is 350 g/mol. The van der Waals surface area contributed by atoms with Gasteiger partial charge in [0, 0.05) is 13.1 Å². The third kappa shape index (κ3) is 2.45. The van der Waals surface area contributed by atoms with Crippen LogP contribution in [-0.2, 0) is 4.74 Å². The minimum Gasteiger partial charge on any atom is -0.443 e. The standard InChI is InChI=1S/C12H19IN2O2/c1-11(2,3)17-10(16)15(13)12-6-4-5-9(12)7-14-8-12/h5,14H,4,6-8H2,1-3H3. The molecule has 1 fully saturated rings. The Morgan fingerprint density at radius 1 is 1.59 bits per heavy atom. The third-order valence-electron chi connectivity index (χ3n) is 3.21. The van der Waals surface area contributed by atoms with E-state index in [2.05, 4.69) is 34.3 Å². The highest BCUT2D eigenvalue weighted by molar-refractivity contribution is 14.1. The first-order valence-electron chi connectivity index (χ1n) is 5.94. The molecule has 0 saturated carbocycles. The molecule has 0 radical (unpaired) electrons. The zero-order valence-corrected chi connectivity index (χ0v) is 12.7. The molecular formula is C12H19IN2O2. The van der Waals surface area contributed by atoms with E-state index >= 15 is 0 Å². The van der Waals surface area contributed by atoms with Gasteiger partial charge in [0.25, 0.3) is 0 Å². The number of nitrogens with one attached hydrogen (secondary N) is 1. The van der Waals surface area contributed by atoms with Crippen LogP contribution in [0.4, 0.5) is 4.79 Å². The lowest BCUT2D eigenvalue weighted by Gasteiger charge is -2.35. The Morgan fingerprint density at radius 3 is 2.94 bits per heavy atom. The molecule has 2 rings (SSSR count). The second-order valence-electron chi connectivity index (χ2n) is 5.66. The van der Waals surface area contributed by atoms with Gasteiger partial charge in [0.1, 0.15) is 5.60 Å². The molecule has 1 amide bonds. The summed E-state index contributed by atoms with van der Waals surface area (Å²) < 4.78 is 7.18. The van der Waals surface area contributed by atoms with E-state index in [-0.39, 0.29) is 11.6 Å². The Labute approximate surface area is 116 Å². The molecule has 1 aliphatic carbocycles. The van der Waals surface area contributed by atoms with Gasteiger partial charge < -0.3 is 10.1 Å². The van der Waals surface area contributed by atoms with Gasteiger partial charge in [-0.3, -0.25) is 0 Å². The van der Waals surface area contributed by atoms with Crippen LogP contribution in [0.1, 0.15) is 33.6 Å². The van der Waals surface area contributed by atoms with Crippen LogP contribution in [0, 0.1) is 0 Å². The average Bonchev–Trinajstić information content (AvgIpc) is 2.71. The van der Waals surface area contributed by atoms with Crippen LogP contribution in [0.2, 0.25) is 0 Å². The molecule has 1 atom stereocenters. The maximum atomic E-state index is 12.1. The van der Waals surface area contributed by atoms with Crippen molar-refractivity contribution in [2.75, 3.05) is 13.1 Å². The maximum absolute atomic E-state index is 12.1. The van der Waals surface area contributed by atoms with Gasteiger partial charge in [0.2, 0.25) is 0 Å². The normalized spacial score (nSPS) is 27.6. The summed E-state index contributed by atoms with van der Waals surface area (Å²) >= 11 is 2.10. The largest absolute Gasteiger partial charge is 0.443 e. The predicted octanol–water partition coefficient (Wildman–Crippen LogP) is 2.64. The van der Waals surface area contributed by atoms with Crippen molar-refractivity contribution in [1.29, 1.82) is 0 Å². The van der Waals surface area contributed by atoms with Crippen molar-refractivity contribution in [2.24, 2.45) is 0 Å². The van der Waals surface area contributed by atoms with Crippen molar-refractivity contribution in [3.8, 4) is 0 Å². The minimum absolute atomic E-state index is 0.150. The van der Waals surface area contributed by atoms with Gasteiger partial charge >= 0.3 is 6.09 Å². The summed E-state index contributed by atoms with van der Waals surface area (Å²) in [6.07, 6.45) is 4.06. The van der Waals surface area contributed by atoms with Crippen molar-refractivity contribution in [2.45, 2.75) is 44.8 Å². The summed E-state index contributed by atoms with van der Waals surface area (Å²) in [7, 11) is 0. The van der Waals surface area contributed by atoms with Gasteiger partial charge in [-0.25, -0.2) is 7.91 Å². The molecule has 0 aromatic carbocycles. The summed E-state index contributed by atoms with van der Waals surface area (Å²) in [6, 6.07) is 0. The molecule has 1 N–H and O–H groups in total. The van der Waals surface area contributed by atoms with Gasteiger partial charge in [-0.1, -0.05) is 6.08 Å². The minimum atomic E-state index is -0.439. The van der Waals surface area contributed by atoms with E-state index in [1.54, 1.807) is 3.11 Å². The van der Waals surface area contributed by atoms with Gasteiger partial charge in [-0.2, -0.15) is 0 Å². The van der Waals surface area contributed by atoms with Gasteiger partial charge in [0.15, 0.2) is 0 Å². The van der Waals surface area contributed by atoms with Crippen LogP contribution in [-0.4, -0.2) is 33.4 Å². The quantitative estimate of drug-likeness (QED) is 0.449. The Hall–Kier alpha value is -0.300. The van der Waals surface area contributed by atoms with Gasteiger partial charge in [-0.05, 0) is 39.2 Å². The third-order valence-corrected chi connectivity index (χ3v) is 4.53. The van der Waals surface area contributed by atoms with E-state index in [4.69, 9.17) is 4.74 Å². The summed E-state index contributed by atoms with van der Waals surface area (Å²) in [5, 5.41) is 3.34. The van der Waals surface area contributed by atoms with Crippen molar-refractivity contribution in [3.63, 3.8) is 0 Å². The fourth-order valence-corrected chi connectivity index (χ4v) is 3.27. The number of nitrogens with zero attached hydrogens (tertiary/aromatic N) is 1. The Bertz CT molecular complexity index is 362. The van der Waals surface area contributed by atoms with Crippen molar-refractivity contribution in [3.05, 3.63) is 11.6 Å². The fraction of sp³-hybridized carbons (Fsp3) is 0.750. The summed E-state index contributed by atoms with van der Waals surface area (Å²) in [5.74, 6) is 0. The summed E-state index contributed by atoms with van der Waals surface area (Å²) in [6.45, 7) is 7.41. The lowest BCUT2D eigenvalue weighted by molar-refractivity contribution is 0.0337. The molecule has 5 heteroatoms. The number of fused-ring (bicyclic) bond motifs is 1. The molecule has 0 spiro atoms. The SMILES string of the molecule is CC(C)(C)OC(=O)N(I)C12CCC=C1CNC2. The predicted molar refractivity (Wildman–Crippen MR) is 75.0 cm³/mol. The van der Waals surface area contributed by atoms with Crippen molar-refractivity contribution in [1.82, 2.24) is 8.43 Å². The van der Waals surface area contributed by atoms with E-state index in [1.165, 1.54) is 5.57 Å². The number of carbonyl (C=O) groups excluding carboxylic acids is 1. The van der Waals surface area contributed by atoms with Crippen LogP contribution < -0.4 is 5.32 Å². The molecule has 2 aliphatic rings. The highest BCUT2D eigenvalue weighted by Crippen LogP contribution is 2.41. The molecule has 96 valence electrons. The molecule has 0 aromatic rings. The number of hydrogen-bond donors (Lipinski definition) is 1. The number of rotatable bonds is 1. The first kappa shape index (κ1) is 13.1. The Balaban J connectivity index is 2.12. The molecular weight excluding hydrogens is 331 g/mol. The zero-order chi connectivity index (χ0) is 12.7. The van der Waals surface area contributed by atoms with E-state index < -0.39 is 5.60 Å². The second kappa shape index (κ2) is 4.42. The van der Waals surface area contributed by atoms with Gasteiger partial charge in [0.05, 0.1) is 28.4 Å².